The topological polar surface area (TPSA) is 59.4 Å². The van der Waals surface area contributed by atoms with Gasteiger partial charge in [0.05, 0.1) is 16.8 Å². The maximum Gasteiger partial charge on any atom is 0.347 e. The predicted molar refractivity (Wildman–Crippen MR) is 70.5 cm³/mol. The fourth-order valence-corrected chi connectivity index (χ4v) is 3.28. The lowest BCUT2D eigenvalue weighted by molar-refractivity contribution is 0.0699. The van der Waals surface area contributed by atoms with Crippen molar-refractivity contribution in [1.29, 1.82) is 0 Å². The number of thiazole rings is 1. The number of hydrogen-bond donors (Lipinski definition) is 1. The molecule has 1 aliphatic rings. The van der Waals surface area contributed by atoms with Crippen LogP contribution in [0.15, 0.2) is 0 Å². The summed E-state index contributed by atoms with van der Waals surface area (Å²) >= 11 is 1.29. The summed E-state index contributed by atoms with van der Waals surface area (Å²) in [6, 6.07) is 0. The van der Waals surface area contributed by atoms with Crippen molar-refractivity contribution in [3.8, 4) is 0 Å². The van der Waals surface area contributed by atoms with Gasteiger partial charge in [-0.25, -0.2) is 9.78 Å². The number of carboxylic acid groups (broad SMARTS) is 1. The second-order valence-electron chi connectivity index (χ2n) is 5.68. The van der Waals surface area contributed by atoms with Gasteiger partial charge >= 0.3 is 5.97 Å². The summed E-state index contributed by atoms with van der Waals surface area (Å²) in [6.45, 7) is 6.78. The molecule has 18 heavy (non-hydrogen) atoms. The minimum Gasteiger partial charge on any atom is -0.477 e. The maximum atomic E-state index is 11.3. The number of aromatic nitrogens is 1. The average molecular weight is 269 g/mol. The highest BCUT2D eigenvalue weighted by Crippen LogP contribution is 2.31. The monoisotopic (exact) mass is 269 g/mol. The van der Waals surface area contributed by atoms with Crippen LogP contribution in [0.25, 0.3) is 0 Å². The first kappa shape index (κ1) is 13.5. The van der Waals surface area contributed by atoms with Crippen molar-refractivity contribution < 1.29 is 14.6 Å². The Morgan fingerprint density at radius 2 is 2.28 bits per heavy atom. The molecule has 1 aliphatic heterocycles. The molecule has 4 nitrogen and oxygen atoms in total. The largest absolute Gasteiger partial charge is 0.477 e. The van der Waals surface area contributed by atoms with Crippen molar-refractivity contribution in [3.05, 3.63) is 15.6 Å². The summed E-state index contributed by atoms with van der Waals surface area (Å²) in [4.78, 5) is 16.2. The molecule has 100 valence electrons. The molecule has 0 amide bonds. The van der Waals surface area contributed by atoms with Crippen LogP contribution in [-0.4, -0.2) is 28.8 Å². The Labute approximate surface area is 111 Å². The third kappa shape index (κ3) is 2.90. The highest BCUT2D eigenvalue weighted by molar-refractivity contribution is 7.13. The summed E-state index contributed by atoms with van der Waals surface area (Å²) < 4.78 is 5.57. The summed E-state index contributed by atoms with van der Waals surface area (Å²) in [5.41, 5.74) is 0.451. The lowest BCUT2D eigenvalue weighted by Crippen LogP contribution is -2.16. The van der Waals surface area contributed by atoms with Crippen LogP contribution in [-0.2, 0) is 16.6 Å². The lowest BCUT2D eigenvalue weighted by Gasteiger charge is -2.16. The molecule has 1 atom stereocenters. The first-order chi connectivity index (χ1) is 8.38. The highest BCUT2D eigenvalue weighted by atomic mass is 32.1. The number of carbonyl (C=O) groups is 1. The van der Waals surface area contributed by atoms with Crippen molar-refractivity contribution in [2.24, 2.45) is 0 Å². The molecule has 1 aromatic heterocycles. The van der Waals surface area contributed by atoms with E-state index in [4.69, 9.17) is 4.74 Å². The van der Waals surface area contributed by atoms with Crippen molar-refractivity contribution in [1.82, 2.24) is 4.98 Å². The van der Waals surface area contributed by atoms with Crippen molar-refractivity contribution in [3.63, 3.8) is 0 Å². The Kier molecular flexibility index (Phi) is 3.73. The molecule has 1 unspecified atom stereocenters. The number of rotatable bonds is 3. The minimum atomic E-state index is -0.879. The van der Waals surface area contributed by atoms with Crippen LogP contribution in [0, 0.1) is 0 Å². The lowest BCUT2D eigenvalue weighted by atomic mass is 9.91. The first-order valence-electron chi connectivity index (χ1n) is 6.23. The number of carboxylic acids is 1. The van der Waals surface area contributed by atoms with Crippen LogP contribution in [0.3, 0.4) is 0 Å². The standard InChI is InChI=1S/C13H19NO3S/c1-13(2,3)11-10(12(15)16)18-9(14-11)7-8-5-4-6-17-8/h8H,4-7H2,1-3H3,(H,15,16). The molecule has 0 saturated carbocycles. The molecule has 0 radical (unpaired) electrons. The summed E-state index contributed by atoms with van der Waals surface area (Å²) in [6.07, 6.45) is 3.09. The third-order valence-electron chi connectivity index (χ3n) is 3.00. The van der Waals surface area contributed by atoms with Gasteiger partial charge in [-0.2, -0.15) is 0 Å². The molecule has 0 aromatic carbocycles. The van der Waals surface area contributed by atoms with E-state index in [0.717, 1.165) is 30.9 Å². The van der Waals surface area contributed by atoms with Gasteiger partial charge in [-0.1, -0.05) is 20.8 Å². The Morgan fingerprint density at radius 1 is 1.56 bits per heavy atom. The van der Waals surface area contributed by atoms with E-state index in [1.54, 1.807) is 0 Å². The highest BCUT2D eigenvalue weighted by Gasteiger charge is 2.28. The fourth-order valence-electron chi connectivity index (χ4n) is 2.11. The van der Waals surface area contributed by atoms with Gasteiger partial charge in [-0.05, 0) is 12.8 Å². The van der Waals surface area contributed by atoms with E-state index >= 15 is 0 Å². The molecule has 2 heterocycles. The van der Waals surface area contributed by atoms with E-state index in [1.807, 2.05) is 20.8 Å². The molecular weight excluding hydrogens is 250 g/mol. The van der Waals surface area contributed by atoms with Crippen LogP contribution >= 0.6 is 11.3 Å². The molecule has 0 spiro atoms. The SMILES string of the molecule is CC(C)(C)c1nc(CC2CCCO2)sc1C(=O)O. The van der Waals surface area contributed by atoms with E-state index in [2.05, 4.69) is 4.98 Å². The van der Waals surface area contributed by atoms with E-state index in [1.165, 1.54) is 11.3 Å². The number of ether oxygens (including phenoxy) is 1. The van der Waals surface area contributed by atoms with Gasteiger partial charge < -0.3 is 9.84 Å². The number of nitrogens with zero attached hydrogens (tertiary/aromatic N) is 1. The van der Waals surface area contributed by atoms with E-state index < -0.39 is 5.97 Å². The Morgan fingerprint density at radius 3 is 2.72 bits per heavy atom. The molecule has 0 bridgehead atoms. The Hall–Kier alpha value is -0.940. The average Bonchev–Trinajstić information content (AvgIpc) is 2.85. The zero-order chi connectivity index (χ0) is 13.3. The normalized spacial score (nSPS) is 20.3. The summed E-state index contributed by atoms with van der Waals surface area (Å²) in [7, 11) is 0. The second-order valence-corrected chi connectivity index (χ2v) is 6.76. The van der Waals surface area contributed by atoms with Crippen molar-refractivity contribution in [2.45, 2.75) is 51.6 Å². The molecule has 5 heteroatoms. The molecule has 1 saturated heterocycles. The van der Waals surface area contributed by atoms with Crippen LogP contribution in [0.4, 0.5) is 0 Å². The van der Waals surface area contributed by atoms with Gasteiger partial charge in [0.2, 0.25) is 0 Å². The van der Waals surface area contributed by atoms with Gasteiger partial charge in [0.15, 0.2) is 0 Å². The Bertz CT molecular complexity index is 442. The van der Waals surface area contributed by atoms with Crippen LogP contribution in [0.5, 0.6) is 0 Å². The van der Waals surface area contributed by atoms with Gasteiger partial charge in [0, 0.05) is 18.4 Å². The molecule has 2 rings (SSSR count). The zero-order valence-electron chi connectivity index (χ0n) is 11.0. The summed E-state index contributed by atoms with van der Waals surface area (Å²) in [5, 5.41) is 10.1. The van der Waals surface area contributed by atoms with E-state index in [9.17, 15) is 9.90 Å². The predicted octanol–water partition coefficient (Wildman–Crippen LogP) is 2.86. The van der Waals surface area contributed by atoms with Crippen LogP contribution in [0.1, 0.15) is 54.0 Å². The van der Waals surface area contributed by atoms with Crippen molar-refractivity contribution in [2.75, 3.05) is 6.61 Å². The van der Waals surface area contributed by atoms with E-state index in [0.29, 0.717) is 10.6 Å². The molecular formula is C13H19NO3S. The smallest absolute Gasteiger partial charge is 0.347 e. The molecule has 1 aromatic rings. The molecule has 0 aliphatic carbocycles. The van der Waals surface area contributed by atoms with Crippen LogP contribution < -0.4 is 0 Å². The van der Waals surface area contributed by atoms with Gasteiger partial charge in [-0.3, -0.25) is 0 Å². The van der Waals surface area contributed by atoms with Gasteiger partial charge in [-0.15, -0.1) is 11.3 Å². The van der Waals surface area contributed by atoms with Gasteiger partial charge in [0.1, 0.15) is 4.88 Å². The molecule has 1 fully saturated rings. The zero-order valence-corrected chi connectivity index (χ0v) is 11.8. The molecule has 1 N–H and O–H groups in total. The van der Waals surface area contributed by atoms with Crippen LogP contribution in [0.2, 0.25) is 0 Å². The minimum absolute atomic E-state index is 0.214. The van der Waals surface area contributed by atoms with Crippen molar-refractivity contribution >= 4 is 17.3 Å². The fraction of sp³-hybridized carbons (Fsp3) is 0.692. The Balaban J connectivity index is 2.24. The summed E-state index contributed by atoms with van der Waals surface area (Å²) in [5.74, 6) is -0.879. The second kappa shape index (κ2) is 4.97. The van der Waals surface area contributed by atoms with Gasteiger partial charge in [0.25, 0.3) is 0 Å². The maximum absolute atomic E-state index is 11.3. The third-order valence-corrected chi connectivity index (χ3v) is 4.07. The number of aromatic carboxylic acids is 1. The first-order valence-corrected chi connectivity index (χ1v) is 7.04. The van der Waals surface area contributed by atoms with E-state index in [-0.39, 0.29) is 11.5 Å². The quantitative estimate of drug-likeness (QED) is 0.916. The number of hydrogen-bond acceptors (Lipinski definition) is 4.